The Morgan fingerprint density at radius 1 is 1.30 bits per heavy atom. The Morgan fingerprint density at radius 2 is 2.07 bits per heavy atom. The van der Waals surface area contributed by atoms with E-state index in [1.165, 1.54) is 29.2 Å². The van der Waals surface area contributed by atoms with Crippen molar-refractivity contribution in [3.8, 4) is 0 Å². The number of aliphatic carboxylic acids is 1. The van der Waals surface area contributed by atoms with Gasteiger partial charge in [0, 0.05) is 17.9 Å². The standard InChI is InChI=1S/C24H30O3/c1-15(4-9-22(26)27)19-7-8-20-18-6-5-16-14-17(25)10-12-23(16,2)21(18)11-13-24(19,20)3/h4,6,9,11,14-15,19-20H,5,7-8,10,12-13H2,1-3H3,(H,26,27)/b9-4+/t15-,19-,20?,23+,24-/m1/s1. The van der Waals surface area contributed by atoms with E-state index in [1.54, 1.807) is 0 Å². The maximum atomic E-state index is 11.9. The molecule has 5 atom stereocenters. The second kappa shape index (κ2) is 6.32. The van der Waals surface area contributed by atoms with Gasteiger partial charge in [-0.1, -0.05) is 44.6 Å². The summed E-state index contributed by atoms with van der Waals surface area (Å²) in [7, 11) is 0. The summed E-state index contributed by atoms with van der Waals surface area (Å²) in [4.78, 5) is 22.8. The molecule has 0 aliphatic heterocycles. The topological polar surface area (TPSA) is 54.4 Å². The van der Waals surface area contributed by atoms with E-state index in [2.05, 4.69) is 32.9 Å². The molecule has 1 fully saturated rings. The molecule has 3 nitrogen and oxygen atoms in total. The zero-order chi connectivity index (χ0) is 19.4. The molecule has 1 unspecified atom stereocenters. The van der Waals surface area contributed by atoms with Crippen molar-refractivity contribution in [3.63, 3.8) is 0 Å². The number of rotatable bonds is 3. The molecule has 4 aliphatic rings. The van der Waals surface area contributed by atoms with Gasteiger partial charge in [0.2, 0.25) is 0 Å². The number of carbonyl (C=O) groups excluding carboxylic acids is 1. The number of hydrogen-bond donors (Lipinski definition) is 1. The molecule has 1 saturated carbocycles. The van der Waals surface area contributed by atoms with Crippen molar-refractivity contribution in [1.29, 1.82) is 0 Å². The highest BCUT2D eigenvalue weighted by Crippen LogP contribution is 2.64. The minimum atomic E-state index is -0.860. The van der Waals surface area contributed by atoms with Crippen molar-refractivity contribution >= 4 is 11.8 Å². The molecule has 0 aromatic carbocycles. The summed E-state index contributed by atoms with van der Waals surface area (Å²) in [5.74, 6) is 0.754. The number of carboxylic acids is 1. The van der Waals surface area contributed by atoms with Gasteiger partial charge in [-0.05, 0) is 72.5 Å². The van der Waals surface area contributed by atoms with Crippen LogP contribution in [0.25, 0.3) is 0 Å². The van der Waals surface area contributed by atoms with E-state index in [0.29, 0.717) is 18.3 Å². The Hall–Kier alpha value is -1.90. The molecule has 0 saturated heterocycles. The van der Waals surface area contributed by atoms with Crippen LogP contribution in [0.2, 0.25) is 0 Å². The van der Waals surface area contributed by atoms with E-state index < -0.39 is 5.97 Å². The summed E-state index contributed by atoms with van der Waals surface area (Å²) in [6, 6.07) is 0. The normalized spacial score (nSPS) is 39.1. The molecule has 27 heavy (non-hydrogen) atoms. The Labute approximate surface area is 161 Å². The van der Waals surface area contributed by atoms with Crippen molar-refractivity contribution in [2.45, 2.75) is 59.3 Å². The highest BCUT2D eigenvalue weighted by molar-refractivity contribution is 5.92. The summed E-state index contributed by atoms with van der Waals surface area (Å²) in [5, 5.41) is 8.98. The largest absolute Gasteiger partial charge is 0.478 e. The molecule has 0 spiro atoms. The van der Waals surface area contributed by atoms with Crippen LogP contribution in [0.4, 0.5) is 0 Å². The minimum absolute atomic E-state index is 0.0340. The molecule has 0 radical (unpaired) electrons. The lowest BCUT2D eigenvalue weighted by molar-refractivity contribution is -0.131. The van der Waals surface area contributed by atoms with Gasteiger partial charge >= 0.3 is 5.97 Å². The van der Waals surface area contributed by atoms with Gasteiger partial charge < -0.3 is 5.11 Å². The van der Waals surface area contributed by atoms with Gasteiger partial charge in [-0.25, -0.2) is 4.79 Å². The van der Waals surface area contributed by atoms with Gasteiger partial charge in [-0.3, -0.25) is 4.79 Å². The first kappa shape index (κ1) is 18.5. The summed E-state index contributed by atoms with van der Waals surface area (Å²) >= 11 is 0. The lowest BCUT2D eigenvalue weighted by Crippen LogP contribution is -2.40. The van der Waals surface area contributed by atoms with Crippen LogP contribution < -0.4 is 0 Å². The Morgan fingerprint density at radius 3 is 2.81 bits per heavy atom. The van der Waals surface area contributed by atoms with Crippen LogP contribution in [0.3, 0.4) is 0 Å². The highest BCUT2D eigenvalue weighted by Gasteiger charge is 2.54. The van der Waals surface area contributed by atoms with E-state index in [0.717, 1.165) is 25.7 Å². The Balaban J connectivity index is 1.67. The molecule has 0 heterocycles. The molecule has 4 aliphatic carbocycles. The first-order valence-corrected chi connectivity index (χ1v) is 10.3. The SMILES string of the molecule is C[C@H](/C=C/C(=O)O)[C@H]1CCC2C3=CCC4=CC(=O)CC[C@]4(C)C3=CC[C@@]21C. The average molecular weight is 367 g/mol. The van der Waals surface area contributed by atoms with Crippen molar-refractivity contribution in [2.75, 3.05) is 0 Å². The van der Waals surface area contributed by atoms with Gasteiger partial charge in [-0.2, -0.15) is 0 Å². The maximum absolute atomic E-state index is 11.9. The van der Waals surface area contributed by atoms with Gasteiger partial charge in [0.1, 0.15) is 0 Å². The molecular weight excluding hydrogens is 336 g/mol. The number of carbonyl (C=O) groups is 2. The number of allylic oxidation sites excluding steroid dienone is 7. The third kappa shape index (κ3) is 2.78. The first-order chi connectivity index (χ1) is 12.8. The molecule has 144 valence electrons. The predicted octanol–water partition coefficient (Wildman–Crippen LogP) is 5.25. The van der Waals surface area contributed by atoms with Crippen LogP contribution in [-0.2, 0) is 9.59 Å². The van der Waals surface area contributed by atoms with Gasteiger partial charge in [0.25, 0.3) is 0 Å². The zero-order valence-electron chi connectivity index (χ0n) is 16.6. The fourth-order valence-electron chi connectivity index (χ4n) is 6.50. The van der Waals surface area contributed by atoms with Crippen LogP contribution >= 0.6 is 0 Å². The third-order valence-corrected chi connectivity index (χ3v) is 8.07. The van der Waals surface area contributed by atoms with E-state index >= 15 is 0 Å². The highest BCUT2D eigenvalue weighted by atomic mass is 16.4. The molecule has 0 amide bonds. The second-order valence-corrected chi connectivity index (χ2v) is 9.45. The van der Waals surface area contributed by atoms with Crippen LogP contribution in [0.15, 0.2) is 47.1 Å². The van der Waals surface area contributed by atoms with Crippen molar-refractivity contribution < 1.29 is 14.7 Å². The van der Waals surface area contributed by atoms with Gasteiger partial charge in [0.05, 0.1) is 0 Å². The molecular formula is C24H30O3. The van der Waals surface area contributed by atoms with Crippen LogP contribution in [0.5, 0.6) is 0 Å². The number of carboxylic acid groups (broad SMARTS) is 1. The van der Waals surface area contributed by atoms with Gasteiger partial charge in [0.15, 0.2) is 5.78 Å². The van der Waals surface area contributed by atoms with E-state index in [-0.39, 0.29) is 22.5 Å². The fraction of sp³-hybridized carbons (Fsp3) is 0.583. The quantitative estimate of drug-likeness (QED) is 0.694. The fourth-order valence-corrected chi connectivity index (χ4v) is 6.50. The summed E-state index contributed by atoms with van der Waals surface area (Å²) in [6.45, 7) is 6.91. The molecule has 0 aromatic heterocycles. The van der Waals surface area contributed by atoms with Crippen LogP contribution in [0, 0.1) is 28.6 Å². The Kier molecular flexibility index (Phi) is 4.32. The number of hydrogen-bond acceptors (Lipinski definition) is 2. The van der Waals surface area contributed by atoms with E-state index in [4.69, 9.17) is 5.11 Å². The summed E-state index contributed by atoms with van der Waals surface area (Å²) in [5.41, 5.74) is 4.52. The lowest BCUT2D eigenvalue weighted by atomic mass is 9.54. The number of fused-ring (bicyclic) bond motifs is 5. The second-order valence-electron chi connectivity index (χ2n) is 9.45. The van der Waals surface area contributed by atoms with Crippen molar-refractivity contribution in [2.24, 2.45) is 28.6 Å². The molecule has 4 rings (SSSR count). The molecule has 0 bridgehead atoms. The number of ketones is 1. The molecule has 0 aromatic rings. The maximum Gasteiger partial charge on any atom is 0.327 e. The zero-order valence-corrected chi connectivity index (χ0v) is 16.6. The van der Waals surface area contributed by atoms with Crippen LogP contribution in [-0.4, -0.2) is 16.9 Å². The molecule has 1 N–H and O–H groups in total. The summed E-state index contributed by atoms with van der Waals surface area (Å²) < 4.78 is 0. The average Bonchev–Trinajstić information content (AvgIpc) is 2.97. The lowest BCUT2D eigenvalue weighted by Gasteiger charge is -2.50. The predicted molar refractivity (Wildman–Crippen MR) is 106 cm³/mol. The van der Waals surface area contributed by atoms with Gasteiger partial charge in [-0.15, -0.1) is 0 Å². The van der Waals surface area contributed by atoms with E-state index in [1.807, 2.05) is 12.2 Å². The molecule has 3 heteroatoms. The first-order valence-electron chi connectivity index (χ1n) is 10.3. The Bertz CT molecular complexity index is 811. The monoisotopic (exact) mass is 366 g/mol. The van der Waals surface area contributed by atoms with Crippen molar-refractivity contribution in [3.05, 3.63) is 47.1 Å². The van der Waals surface area contributed by atoms with Crippen LogP contribution in [0.1, 0.15) is 59.3 Å². The minimum Gasteiger partial charge on any atom is -0.478 e. The van der Waals surface area contributed by atoms with E-state index in [9.17, 15) is 9.59 Å². The smallest absolute Gasteiger partial charge is 0.327 e. The summed E-state index contributed by atoms with van der Waals surface area (Å²) in [6.07, 6.45) is 15.8. The third-order valence-electron chi connectivity index (χ3n) is 8.07. The van der Waals surface area contributed by atoms with Crippen molar-refractivity contribution in [1.82, 2.24) is 0 Å².